The second-order valence-electron chi connectivity index (χ2n) is 2.79. The van der Waals surface area contributed by atoms with E-state index in [9.17, 15) is 14.7 Å². The fourth-order valence-electron chi connectivity index (χ4n) is 0.875. The Labute approximate surface area is 75.8 Å². The molecule has 0 aromatic carbocycles. The number of rotatable bonds is 0. The molecule has 0 aliphatic carbocycles. The molecule has 0 spiro atoms. The van der Waals surface area contributed by atoms with Gasteiger partial charge in [-0.05, 0) is 0 Å². The monoisotopic (exact) mass is 181 g/mol. The van der Waals surface area contributed by atoms with E-state index in [0.29, 0.717) is 0 Å². The number of nitrogens with one attached hydrogen (secondary N) is 1. The van der Waals surface area contributed by atoms with Gasteiger partial charge in [-0.3, -0.25) is 14.9 Å². The van der Waals surface area contributed by atoms with E-state index in [-0.39, 0.29) is 0 Å². The van der Waals surface area contributed by atoms with E-state index >= 15 is 0 Å². The van der Waals surface area contributed by atoms with Crippen molar-refractivity contribution < 1.29 is 24.9 Å². The molecule has 6 nitrogen and oxygen atoms in total. The van der Waals surface area contributed by atoms with Gasteiger partial charge in [0.1, 0.15) is 7.85 Å². The van der Waals surface area contributed by atoms with E-state index in [4.69, 9.17) is 25.9 Å². The van der Waals surface area contributed by atoms with Gasteiger partial charge in [0.15, 0.2) is 0 Å². The zero-order chi connectivity index (χ0) is 10.4. The highest BCUT2D eigenvalue weighted by Gasteiger charge is 2.58. The van der Waals surface area contributed by atoms with Gasteiger partial charge >= 0.3 is 0 Å². The molecule has 0 bridgehead atoms. The Kier molecular flexibility index (Phi) is 2.02. The molecule has 2 atom stereocenters. The Morgan fingerprint density at radius 2 is 1.77 bits per heavy atom. The van der Waals surface area contributed by atoms with Crippen LogP contribution in [0.25, 0.3) is 0 Å². The van der Waals surface area contributed by atoms with Gasteiger partial charge in [-0.25, -0.2) is 0 Å². The first kappa shape index (κ1) is 10.2. The third-order valence-corrected chi connectivity index (χ3v) is 1.87. The molecule has 1 heterocycles. The molecule has 2 unspecified atom stereocenters. The third kappa shape index (κ3) is 1.18. The van der Waals surface area contributed by atoms with Crippen LogP contribution in [0.4, 0.5) is 0 Å². The topological polar surface area (TPSA) is 107 Å². The van der Waals surface area contributed by atoms with Crippen LogP contribution in [0.15, 0.2) is 0 Å². The van der Waals surface area contributed by atoms with Gasteiger partial charge in [0.05, 0.1) is 13.3 Å². The molecule has 1 saturated heterocycles. The molecule has 1 aliphatic heterocycles. The molecule has 4 N–H and O–H groups in total. The number of carbonyl (C=O) groups excluding carboxylic acids is 2. The maximum Gasteiger partial charge on any atom is 0.288 e. The quantitative estimate of drug-likeness (QED) is 0.174. The van der Waals surface area contributed by atoms with E-state index in [1.165, 1.54) is 5.32 Å². The van der Waals surface area contributed by atoms with Crippen LogP contribution in [-0.4, -0.2) is 54.1 Å². The molecule has 1 fully saturated rings. The van der Waals surface area contributed by atoms with Crippen LogP contribution in [0.1, 0.15) is 0 Å². The Bertz CT molecular complexity index is 276. The summed E-state index contributed by atoms with van der Waals surface area (Å²) in [7, 11) is 9.96. The van der Waals surface area contributed by atoms with Crippen LogP contribution in [0, 0.1) is 0 Å². The summed E-state index contributed by atoms with van der Waals surface area (Å²) in [6.07, 6.45) is 0. The minimum Gasteiger partial charge on any atom is -0.394 e. The van der Waals surface area contributed by atoms with Gasteiger partial charge in [-0.15, -0.1) is 0 Å². The minimum atomic E-state index is -3.28. The molecule has 66 valence electrons. The number of aliphatic hydroxyl groups is 3. The van der Waals surface area contributed by atoms with Gasteiger partial charge in [-0.2, -0.15) is 0 Å². The number of hydrogen-bond donors (Lipinski definition) is 4. The maximum atomic E-state index is 10.8. The highest BCUT2D eigenvalue weighted by atomic mass is 16.5. The number of amides is 2. The van der Waals surface area contributed by atoms with Gasteiger partial charge in [0.2, 0.25) is 5.91 Å². The summed E-state index contributed by atoms with van der Waals surface area (Å²) in [5.74, 6) is -7.65. The van der Waals surface area contributed by atoms with Gasteiger partial charge < -0.3 is 15.3 Å². The van der Waals surface area contributed by atoms with Crippen LogP contribution in [0.2, 0.25) is 5.82 Å². The van der Waals surface area contributed by atoms with Crippen molar-refractivity contribution in [1.82, 2.24) is 5.32 Å². The highest BCUT2D eigenvalue weighted by Crippen LogP contribution is 2.31. The smallest absolute Gasteiger partial charge is 0.288 e. The van der Waals surface area contributed by atoms with Crippen molar-refractivity contribution in [2.24, 2.45) is 0 Å². The van der Waals surface area contributed by atoms with E-state index in [0.717, 1.165) is 0 Å². The van der Waals surface area contributed by atoms with Crippen molar-refractivity contribution in [3.8, 4) is 0 Å². The predicted molar refractivity (Wildman–Crippen MR) is 40.5 cm³/mol. The maximum absolute atomic E-state index is 10.8. The van der Waals surface area contributed by atoms with Crippen molar-refractivity contribution in [2.75, 3.05) is 0 Å². The number of piperidine rings is 1. The Hall–Kier alpha value is -0.850. The number of carbonyl (C=O) groups is 2. The lowest BCUT2D eigenvalue weighted by Gasteiger charge is -2.43. The van der Waals surface area contributed by atoms with Gasteiger partial charge in [-0.1, -0.05) is 0 Å². The average Bonchev–Trinajstić information content (AvgIpc) is 2.00. The van der Waals surface area contributed by atoms with Crippen molar-refractivity contribution in [2.45, 2.75) is 17.1 Å². The Morgan fingerprint density at radius 3 is 2.23 bits per heavy atom. The zero-order valence-electron chi connectivity index (χ0n) is 6.39. The normalized spacial score (nSPS) is 38.5. The standard InChI is InChI=1S/C5H5B2NO5/c6-1-2(9)8-3(10)5(12,13)4(1,7)11/h1,11-13H,(H,8,9,10). The van der Waals surface area contributed by atoms with Crippen LogP contribution in [-0.2, 0) is 9.59 Å². The SMILES string of the molecule is [B]C1C(=O)NC(=O)C(O)(O)C1([B])O. The van der Waals surface area contributed by atoms with Crippen molar-refractivity contribution in [3.63, 3.8) is 0 Å². The Balaban J connectivity index is 3.15. The van der Waals surface area contributed by atoms with E-state index < -0.39 is 28.9 Å². The summed E-state index contributed by atoms with van der Waals surface area (Å²) in [6.45, 7) is 0. The lowest BCUT2D eigenvalue weighted by atomic mass is 9.56. The lowest BCUT2D eigenvalue weighted by Crippen LogP contribution is -2.72. The molecule has 4 radical (unpaired) electrons. The minimum absolute atomic E-state index is 1.08. The van der Waals surface area contributed by atoms with Gasteiger partial charge in [0, 0.05) is 5.82 Å². The summed E-state index contributed by atoms with van der Waals surface area (Å²) in [6, 6.07) is 0. The molecular formula is C5H5B2NO5. The van der Waals surface area contributed by atoms with Crippen LogP contribution in [0.3, 0.4) is 0 Å². The van der Waals surface area contributed by atoms with E-state index in [2.05, 4.69) is 0 Å². The fraction of sp³-hybridized carbons (Fsp3) is 0.600. The second-order valence-corrected chi connectivity index (χ2v) is 2.79. The molecule has 0 saturated carbocycles. The molecule has 1 aliphatic rings. The molecule has 0 aromatic heterocycles. The van der Waals surface area contributed by atoms with Gasteiger partial charge in [0.25, 0.3) is 11.7 Å². The summed E-state index contributed by atoms with van der Waals surface area (Å²) in [5, 5.41) is 28.7. The first-order chi connectivity index (χ1) is 5.71. The van der Waals surface area contributed by atoms with E-state index in [1.54, 1.807) is 0 Å². The fourth-order valence-corrected chi connectivity index (χ4v) is 0.875. The highest BCUT2D eigenvalue weighted by molar-refractivity contribution is 6.36. The van der Waals surface area contributed by atoms with Crippen LogP contribution < -0.4 is 5.32 Å². The first-order valence-electron chi connectivity index (χ1n) is 3.28. The van der Waals surface area contributed by atoms with E-state index in [1.807, 2.05) is 0 Å². The second kappa shape index (κ2) is 2.57. The largest absolute Gasteiger partial charge is 0.394 e. The molecule has 1 rings (SSSR count). The van der Waals surface area contributed by atoms with Crippen LogP contribution >= 0.6 is 0 Å². The first-order valence-corrected chi connectivity index (χ1v) is 3.28. The van der Waals surface area contributed by atoms with Crippen LogP contribution in [0.5, 0.6) is 0 Å². The summed E-state index contributed by atoms with van der Waals surface area (Å²) in [5.41, 5.74) is -2.90. The van der Waals surface area contributed by atoms with Crippen molar-refractivity contribution >= 4 is 27.5 Å². The number of hydrogen-bond acceptors (Lipinski definition) is 5. The summed E-state index contributed by atoms with van der Waals surface area (Å²) >= 11 is 0. The molecule has 8 heteroatoms. The summed E-state index contributed by atoms with van der Waals surface area (Å²) in [4.78, 5) is 21.5. The van der Waals surface area contributed by atoms with Crippen molar-refractivity contribution in [3.05, 3.63) is 0 Å². The molecule has 2 amide bonds. The Morgan fingerprint density at radius 1 is 1.31 bits per heavy atom. The van der Waals surface area contributed by atoms with Crippen molar-refractivity contribution in [1.29, 1.82) is 0 Å². The molecule has 13 heavy (non-hydrogen) atoms. The number of imide groups is 1. The molecular weight excluding hydrogens is 176 g/mol. The predicted octanol–water partition coefficient (Wildman–Crippen LogP) is -3.86. The molecule has 0 aromatic rings. The lowest BCUT2D eigenvalue weighted by molar-refractivity contribution is -0.240. The third-order valence-electron chi connectivity index (χ3n) is 1.87. The summed E-state index contributed by atoms with van der Waals surface area (Å²) < 4.78 is 0. The average molecular weight is 181 g/mol. The zero-order valence-corrected chi connectivity index (χ0v) is 6.39.